The number of aromatic nitrogens is 3. The van der Waals surface area contributed by atoms with Crippen molar-refractivity contribution in [2.75, 3.05) is 5.32 Å². The number of benzene rings is 2. The number of carbonyl (C=O) groups excluding carboxylic acids is 1. The Hall–Kier alpha value is -2.93. The van der Waals surface area contributed by atoms with Gasteiger partial charge in [0.2, 0.25) is 5.91 Å². The highest BCUT2D eigenvalue weighted by atomic mass is 35.5. The summed E-state index contributed by atoms with van der Waals surface area (Å²) in [5, 5.41) is 15.4. The Kier molecular flexibility index (Phi) is 5.76. The van der Waals surface area contributed by atoms with Gasteiger partial charge in [0.15, 0.2) is 11.5 Å². The number of carbonyl (C=O) groups is 1. The molecule has 0 unspecified atom stereocenters. The third kappa shape index (κ3) is 4.56. The van der Waals surface area contributed by atoms with Crippen molar-refractivity contribution in [1.82, 2.24) is 19.9 Å². The summed E-state index contributed by atoms with van der Waals surface area (Å²) in [7, 11) is 0. The third-order valence-electron chi connectivity index (χ3n) is 4.37. The van der Waals surface area contributed by atoms with Crippen molar-refractivity contribution in [3.63, 3.8) is 0 Å². The maximum Gasteiger partial charge on any atom is 0.246 e. The number of rotatable bonds is 6. The lowest BCUT2D eigenvalue weighted by Crippen LogP contribution is -2.33. The topological polar surface area (TPSA) is 71.3 Å². The van der Waals surface area contributed by atoms with E-state index < -0.39 is 6.04 Å². The quantitative estimate of drug-likeness (QED) is 0.476. The minimum atomic E-state index is -0.606. The van der Waals surface area contributed by atoms with E-state index in [0.717, 1.165) is 11.2 Å². The highest BCUT2D eigenvalue weighted by Crippen LogP contribution is 2.24. The predicted octanol–water partition coefficient (Wildman–Crippen LogP) is 4.51. The van der Waals surface area contributed by atoms with E-state index in [1.807, 2.05) is 59.1 Å². The molecule has 2 heterocycles. The first-order chi connectivity index (χ1) is 14.1. The summed E-state index contributed by atoms with van der Waals surface area (Å²) in [5.74, 6) is 0.475. The Morgan fingerprint density at radius 3 is 2.45 bits per heavy atom. The zero-order valence-corrected chi connectivity index (χ0v) is 16.7. The van der Waals surface area contributed by atoms with E-state index in [9.17, 15) is 4.79 Å². The molecule has 4 aromatic rings. The maximum absolute atomic E-state index is 13.1. The van der Waals surface area contributed by atoms with Gasteiger partial charge in [-0.1, -0.05) is 59.6 Å². The summed E-state index contributed by atoms with van der Waals surface area (Å²) >= 11 is 12.1. The van der Waals surface area contributed by atoms with Crippen LogP contribution in [-0.2, 0) is 11.3 Å². The molecule has 0 saturated heterocycles. The number of fused-ring (bicyclic) bond motifs is 1. The van der Waals surface area contributed by atoms with E-state index in [-0.39, 0.29) is 5.91 Å². The fraction of sp³-hybridized carbons (Fsp3) is 0.0952. The van der Waals surface area contributed by atoms with Gasteiger partial charge in [0, 0.05) is 21.9 Å². The second kappa shape index (κ2) is 8.61. The van der Waals surface area contributed by atoms with E-state index in [2.05, 4.69) is 20.8 Å². The maximum atomic E-state index is 13.1. The molecule has 146 valence electrons. The Balaban J connectivity index is 1.57. The van der Waals surface area contributed by atoms with Crippen molar-refractivity contribution < 1.29 is 4.79 Å². The molecule has 29 heavy (non-hydrogen) atoms. The average Bonchev–Trinajstić information content (AvgIpc) is 3.11. The highest BCUT2D eigenvalue weighted by molar-refractivity contribution is 6.35. The Bertz CT molecular complexity index is 1130. The Labute approximate surface area is 177 Å². The van der Waals surface area contributed by atoms with Crippen LogP contribution in [0.3, 0.4) is 0 Å². The van der Waals surface area contributed by atoms with Crippen molar-refractivity contribution in [3.05, 3.63) is 94.4 Å². The molecule has 8 heteroatoms. The van der Waals surface area contributed by atoms with Gasteiger partial charge in [0.1, 0.15) is 6.04 Å². The van der Waals surface area contributed by atoms with Crippen LogP contribution in [0.25, 0.3) is 5.65 Å². The predicted molar refractivity (Wildman–Crippen MR) is 114 cm³/mol. The molecule has 1 atom stereocenters. The second-order valence-corrected chi connectivity index (χ2v) is 7.29. The smallest absolute Gasteiger partial charge is 0.246 e. The van der Waals surface area contributed by atoms with Gasteiger partial charge in [0.05, 0.1) is 6.54 Å². The molecule has 0 radical (unpaired) electrons. The molecule has 0 saturated carbocycles. The van der Waals surface area contributed by atoms with Crippen LogP contribution in [0, 0.1) is 0 Å². The van der Waals surface area contributed by atoms with Crippen LogP contribution < -0.4 is 10.6 Å². The summed E-state index contributed by atoms with van der Waals surface area (Å²) in [5.41, 5.74) is 2.11. The number of nitrogens with zero attached hydrogens (tertiary/aromatic N) is 3. The minimum Gasteiger partial charge on any atom is -0.324 e. The summed E-state index contributed by atoms with van der Waals surface area (Å²) in [6.07, 6.45) is 1.89. The lowest BCUT2D eigenvalue weighted by molar-refractivity contribution is -0.118. The van der Waals surface area contributed by atoms with Gasteiger partial charge >= 0.3 is 0 Å². The molecule has 2 aromatic carbocycles. The summed E-state index contributed by atoms with van der Waals surface area (Å²) in [6, 6.07) is 19.5. The van der Waals surface area contributed by atoms with Crippen LogP contribution in [0.4, 0.5) is 5.69 Å². The van der Waals surface area contributed by atoms with Crippen molar-refractivity contribution in [3.8, 4) is 0 Å². The van der Waals surface area contributed by atoms with Crippen LogP contribution in [0.1, 0.15) is 17.4 Å². The molecule has 2 N–H and O–H groups in total. The van der Waals surface area contributed by atoms with Crippen LogP contribution in [0.5, 0.6) is 0 Å². The second-order valence-electron chi connectivity index (χ2n) is 6.42. The van der Waals surface area contributed by atoms with E-state index in [1.165, 1.54) is 0 Å². The van der Waals surface area contributed by atoms with E-state index >= 15 is 0 Å². The molecule has 0 aliphatic heterocycles. The first-order valence-corrected chi connectivity index (χ1v) is 9.70. The van der Waals surface area contributed by atoms with Crippen LogP contribution in [0.2, 0.25) is 10.0 Å². The average molecular weight is 426 g/mol. The van der Waals surface area contributed by atoms with Crippen molar-refractivity contribution in [2.45, 2.75) is 12.6 Å². The monoisotopic (exact) mass is 425 g/mol. The first-order valence-electron chi connectivity index (χ1n) is 8.94. The molecule has 2 aromatic heterocycles. The molecule has 1 amide bonds. The molecule has 0 spiro atoms. The van der Waals surface area contributed by atoms with Gasteiger partial charge in [-0.15, -0.1) is 10.2 Å². The highest BCUT2D eigenvalue weighted by Gasteiger charge is 2.21. The van der Waals surface area contributed by atoms with Crippen molar-refractivity contribution >= 4 is 40.4 Å². The van der Waals surface area contributed by atoms with Gasteiger partial charge < -0.3 is 5.32 Å². The van der Waals surface area contributed by atoms with Gasteiger partial charge in [-0.05, 0) is 35.9 Å². The molecule has 0 bridgehead atoms. The molecule has 0 aliphatic carbocycles. The standard InChI is InChI=1S/C21H17Cl2N5O/c22-15-10-16(23)12-17(11-15)25-21(29)20(14-6-2-1-3-7-14)24-13-19-27-26-18-8-4-5-9-28(18)19/h1-12,20,24H,13H2,(H,25,29)/t20-/m1/s1. The van der Waals surface area contributed by atoms with Crippen LogP contribution in [-0.4, -0.2) is 20.5 Å². The normalized spacial score (nSPS) is 12.1. The van der Waals surface area contributed by atoms with E-state index in [1.54, 1.807) is 18.2 Å². The lowest BCUT2D eigenvalue weighted by atomic mass is 10.1. The zero-order chi connectivity index (χ0) is 20.2. The molecule has 0 fully saturated rings. The van der Waals surface area contributed by atoms with E-state index in [4.69, 9.17) is 23.2 Å². The summed E-state index contributed by atoms with van der Waals surface area (Å²) in [6.45, 7) is 0.356. The minimum absolute atomic E-state index is 0.233. The van der Waals surface area contributed by atoms with Gasteiger partial charge in [-0.3, -0.25) is 14.5 Å². The fourth-order valence-electron chi connectivity index (χ4n) is 3.05. The lowest BCUT2D eigenvalue weighted by Gasteiger charge is -2.19. The summed E-state index contributed by atoms with van der Waals surface area (Å²) < 4.78 is 1.88. The van der Waals surface area contributed by atoms with Gasteiger partial charge in [0.25, 0.3) is 0 Å². The van der Waals surface area contributed by atoms with Gasteiger partial charge in [-0.2, -0.15) is 0 Å². The number of halogens is 2. The molecule has 6 nitrogen and oxygen atoms in total. The number of hydrogen-bond acceptors (Lipinski definition) is 4. The third-order valence-corrected chi connectivity index (χ3v) is 4.81. The van der Waals surface area contributed by atoms with Crippen molar-refractivity contribution in [1.29, 1.82) is 0 Å². The molecular weight excluding hydrogens is 409 g/mol. The first kappa shape index (κ1) is 19.4. The van der Waals surface area contributed by atoms with Crippen LogP contribution in [0.15, 0.2) is 72.9 Å². The van der Waals surface area contributed by atoms with Crippen molar-refractivity contribution in [2.24, 2.45) is 0 Å². The number of nitrogens with one attached hydrogen (secondary N) is 2. The number of amides is 1. The summed E-state index contributed by atoms with van der Waals surface area (Å²) in [4.78, 5) is 13.1. The molecule has 4 rings (SSSR count). The number of hydrogen-bond donors (Lipinski definition) is 2. The molecule has 0 aliphatic rings. The van der Waals surface area contributed by atoms with Crippen LogP contribution >= 0.6 is 23.2 Å². The number of pyridine rings is 1. The number of anilines is 1. The Morgan fingerprint density at radius 1 is 0.966 bits per heavy atom. The zero-order valence-electron chi connectivity index (χ0n) is 15.2. The Morgan fingerprint density at radius 2 is 1.69 bits per heavy atom. The largest absolute Gasteiger partial charge is 0.324 e. The SMILES string of the molecule is O=C(Nc1cc(Cl)cc(Cl)c1)[C@H](NCc1nnc2ccccn12)c1ccccc1. The van der Waals surface area contributed by atoms with E-state index in [0.29, 0.717) is 28.1 Å². The fourth-order valence-corrected chi connectivity index (χ4v) is 3.58. The van der Waals surface area contributed by atoms with Gasteiger partial charge in [-0.25, -0.2) is 0 Å². The molecular formula is C21H17Cl2N5O.